The number of benzene rings is 2. The van der Waals surface area contributed by atoms with Gasteiger partial charge in [-0.05, 0) is 91.4 Å². The van der Waals surface area contributed by atoms with Gasteiger partial charge in [-0.25, -0.2) is 0 Å². The Kier molecular flexibility index (Phi) is 7.36. The molecule has 1 aliphatic rings. The van der Waals surface area contributed by atoms with Crippen molar-refractivity contribution in [2.45, 2.75) is 19.0 Å². The predicted octanol–water partition coefficient (Wildman–Crippen LogP) is 5.71. The van der Waals surface area contributed by atoms with Crippen LogP contribution in [0, 0.1) is 6.92 Å². The number of nitrogens with zero attached hydrogens (tertiary/aromatic N) is 3. The molecule has 1 saturated heterocycles. The van der Waals surface area contributed by atoms with E-state index in [-0.39, 0.29) is 24.6 Å². The Hall–Kier alpha value is -3.53. The van der Waals surface area contributed by atoms with Crippen molar-refractivity contribution in [2.75, 3.05) is 23.9 Å². The average Bonchev–Trinajstić information content (AvgIpc) is 3.51. The summed E-state index contributed by atoms with van der Waals surface area (Å²) in [5, 5.41) is 7.03. The Balaban J connectivity index is 1.58. The fourth-order valence-corrected chi connectivity index (χ4v) is 5.27. The summed E-state index contributed by atoms with van der Waals surface area (Å²) in [6.07, 6.45) is 3.86. The lowest BCUT2D eigenvalue weighted by Gasteiger charge is -2.29. The van der Waals surface area contributed by atoms with Crippen LogP contribution >= 0.6 is 28.1 Å². The van der Waals surface area contributed by atoms with Crippen LogP contribution in [0.4, 0.5) is 11.4 Å². The molecule has 0 aliphatic carbocycles. The highest BCUT2D eigenvalue weighted by Crippen LogP contribution is 2.43. The third-order valence-electron chi connectivity index (χ3n) is 6.32. The molecule has 9 heteroatoms. The van der Waals surface area contributed by atoms with E-state index in [1.54, 1.807) is 6.20 Å². The molecule has 5 rings (SSSR count). The molecule has 0 radical (unpaired) electrons. The van der Waals surface area contributed by atoms with Crippen LogP contribution in [-0.4, -0.2) is 34.3 Å². The molecular formula is C28H26BrN5O2S. The van der Waals surface area contributed by atoms with Gasteiger partial charge in [0.25, 0.3) is 0 Å². The molecule has 2 atom stereocenters. The van der Waals surface area contributed by atoms with Crippen LogP contribution in [0.25, 0.3) is 5.69 Å². The summed E-state index contributed by atoms with van der Waals surface area (Å²) in [5.41, 5.74) is 5.61. The molecule has 0 unspecified atom stereocenters. The van der Waals surface area contributed by atoms with E-state index < -0.39 is 0 Å². The van der Waals surface area contributed by atoms with Crippen LogP contribution in [0.5, 0.6) is 0 Å². The highest BCUT2D eigenvalue weighted by atomic mass is 79.9. The van der Waals surface area contributed by atoms with Gasteiger partial charge in [0.15, 0.2) is 5.11 Å². The number of carbonyl (C=O) groups is 1. The Bertz CT molecular complexity index is 1420. The van der Waals surface area contributed by atoms with Crippen molar-refractivity contribution in [3.8, 4) is 5.69 Å². The van der Waals surface area contributed by atoms with Crippen LogP contribution < -0.4 is 15.5 Å². The standard InChI is InChI=1S/C28H26BrN5O2S/c1-18-16-21(12-13-22(18)31-25(35)17-36-2)34-27(26(32-28(34)37)23-6-3-4-14-30-23)24-7-5-15-33(24)20-10-8-19(29)9-11-20/h3-16,26-27H,17H2,1-2H3,(H,31,35)(H,32,37)/t26-,27+/m0/s1. The largest absolute Gasteiger partial charge is 0.375 e. The minimum Gasteiger partial charge on any atom is -0.375 e. The number of thiocarbonyl (C=S) groups is 1. The quantitative estimate of drug-likeness (QED) is 0.275. The van der Waals surface area contributed by atoms with Crippen molar-refractivity contribution in [2.24, 2.45) is 0 Å². The number of ether oxygens (including phenoxy) is 1. The van der Waals surface area contributed by atoms with E-state index in [1.165, 1.54) is 7.11 Å². The number of nitrogens with one attached hydrogen (secondary N) is 2. The molecule has 0 spiro atoms. The maximum Gasteiger partial charge on any atom is 0.250 e. The number of hydrogen-bond acceptors (Lipinski definition) is 4. The number of anilines is 2. The summed E-state index contributed by atoms with van der Waals surface area (Å²) in [7, 11) is 1.50. The highest BCUT2D eigenvalue weighted by Gasteiger charge is 2.42. The van der Waals surface area contributed by atoms with Crippen LogP contribution in [0.1, 0.15) is 29.0 Å². The van der Waals surface area contributed by atoms with E-state index in [2.05, 4.69) is 65.4 Å². The molecule has 37 heavy (non-hydrogen) atoms. The monoisotopic (exact) mass is 575 g/mol. The fraction of sp³-hybridized carbons (Fsp3) is 0.179. The SMILES string of the molecule is COCC(=O)Nc1ccc(N2C(=S)N[C@@H](c3ccccn3)[C@H]2c2cccn2-c2ccc(Br)cc2)cc1C. The van der Waals surface area contributed by atoms with Gasteiger partial charge in [-0.1, -0.05) is 22.0 Å². The third-order valence-corrected chi connectivity index (χ3v) is 7.17. The molecule has 2 aromatic carbocycles. The molecule has 0 bridgehead atoms. The van der Waals surface area contributed by atoms with Crippen LogP contribution in [-0.2, 0) is 9.53 Å². The number of pyridine rings is 1. The van der Waals surface area contributed by atoms with E-state index in [0.717, 1.165) is 38.5 Å². The number of aryl methyl sites for hydroxylation is 1. The van der Waals surface area contributed by atoms with Gasteiger partial charge in [-0.2, -0.15) is 0 Å². The summed E-state index contributed by atoms with van der Waals surface area (Å²) >= 11 is 9.43. The number of hydrogen-bond donors (Lipinski definition) is 2. The molecule has 7 nitrogen and oxygen atoms in total. The minimum absolute atomic E-state index is 0.00218. The molecule has 3 heterocycles. The van der Waals surface area contributed by atoms with Gasteiger partial charge < -0.3 is 24.8 Å². The topological polar surface area (TPSA) is 71.4 Å². The second-order valence-electron chi connectivity index (χ2n) is 8.76. The van der Waals surface area contributed by atoms with Gasteiger partial charge >= 0.3 is 0 Å². The lowest BCUT2D eigenvalue weighted by molar-refractivity contribution is -0.119. The zero-order valence-electron chi connectivity index (χ0n) is 20.4. The summed E-state index contributed by atoms with van der Waals surface area (Å²) in [6, 6.07) is 23.9. The van der Waals surface area contributed by atoms with Crippen molar-refractivity contribution < 1.29 is 9.53 Å². The van der Waals surface area contributed by atoms with Crippen molar-refractivity contribution in [3.05, 3.63) is 107 Å². The number of halogens is 1. The Morgan fingerprint density at radius 1 is 1.11 bits per heavy atom. The molecule has 2 aromatic heterocycles. The van der Waals surface area contributed by atoms with Gasteiger partial charge in [0.2, 0.25) is 5.91 Å². The van der Waals surface area contributed by atoms with E-state index in [4.69, 9.17) is 17.0 Å². The Labute approximate surface area is 229 Å². The van der Waals surface area contributed by atoms with Gasteiger partial charge in [-0.15, -0.1) is 0 Å². The number of methoxy groups -OCH3 is 1. The first kappa shape index (κ1) is 25.1. The first-order valence-corrected chi connectivity index (χ1v) is 13.0. The third kappa shape index (κ3) is 5.16. The van der Waals surface area contributed by atoms with Gasteiger partial charge in [0, 0.05) is 46.7 Å². The number of carbonyl (C=O) groups excluding carboxylic acids is 1. The van der Waals surface area contributed by atoms with Crippen molar-refractivity contribution >= 4 is 50.5 Å². The smallest absolute Gasteiger partial charge is 0.250 e. The Morgan fingerprint density at radius 3 is 2.59 bits per heavy atom. The van der Waals surface area contributed by atoms with E-state index in [1.807, 2.05) is 61.5 Å². The summed E-state index contributed by atoms with van der Waals surface area (Å²) < 4.78 is 8.15. The zero-order valence-corrected chi connectivity index (χ0v) is 22.8. The molecular weight excluding hydrogens is 550 g/mol. The number of amides is 1. The fourth-order valence-electron chi connectivity index (χ4n) is 4.66. The maximum atomic E-state index is 12.1. The molecule has 2 N–H and O–H groups in total. The second-order valence-corrected chi connectivity index (χ2v) is 10.1. The predicted molar refractivity (Wildman–Crippen MR) is 153 cm³/mol. The first-order chi connectivity index (χ1) is 18.0. The molecule has 1 aliphatic heterocycles. The molecule has 4 aromatic rings. The van der Waals surface area contributed by atoms with Crippen LogP contribution in [0.15, 0.2) is 89.7 Å². The summed E-state index contributed by atoms with van der Waals surface area (Å²) in [4.78, 5) is 18.9. The summed E-state index contributed by atoms with van der Waals surface area (Å²) in [5.74, 6) is -0.197. The van der Waals surface area contributed by atoms with Gasteiger partial charge in [0.05, 0.1) is 11.7 Å². The zero-order chi connectivity index (χ0) is 25.9. The minimum atomic E-state index is -0.197. The van der Waals surface area contributed by atoms with E-state index in [9.17, 15) is 4.79 Å². The van der Waals surface area contributed by atoms with Crippen LogP contribution in [0.3, 0.4) is 0 Å². The lowest BCUT2D eigenvalue weighted by Crippen LogP contribution is -2.30. The van der Waals surface area contributed by atoms with Crippen molar-refractivity contribution in [1.29, 1.82) is 0 Å². The average molecular weight is 577 g/mol. The van der Waals surface area contributed by atoms with Gasteiger partial charge in [0.1, 0.15) is 12.6 Å². The highest BCUT2D eigenvalue weighted by molar-refractivity contribution is 9.10. The first-order valence-electron chi connectivity index (χ1n) is 11.8. The van der Waals surface area contributed by atoms with Crippen LogP contribution in [0.2, 0.25) is 0 Å². The number of rotatable bonds is 7. The number of aromatic nitrogens is 2. The molecule has 188 valence electrons. The Morgan fingerprint density at radius 2 is 1.89 bits per heavy atom. The van der Waals surface area contributed by atoms with E-state index >= 15 is 0 Å². The normalized spacial score (nSPS) is 17.1. The second kappa shape index (κ2) is 10.8. The maximum absolute atomic E-state index is 12.1. The molecule has 1 fully saturated rings. The molecule has 1 amide bonds. The van der Waals surface area contributed by atoms with Crippen molar-refractivity contribution in [1.82, 2.24) is 14.9 Å². The van der Waals surface area contributed by atoms with Gasteiger partial charge in [-0.3, -0.25) is 9.78 Å². The van der Waals surface area contributed by atoms with E-state index in [0.29, 0.717) is 5.11 Å². The lowest BCUT2D eigenvalue weighted by atomic mass is 10.00. The summed E-state index contributed by atoms with van der Waals surface area (Å²) in [6.45, 7) is 1.97. The molecule has 0 saturated carbocycles. The van der Waals surface area contributed by atoms with Crippen molar-refractivity contribution in [3.63, 3.8) is 0 Å².